The van der Waals surface area contributed by atoms with Crippen LogP contribution in [0.2, 0.25) is 0 Å². The molecule has 0 spiro atoms. The molecule has 0 bridgehead atoms. The first-order valence-electron chi connectivity index (χ1n) is 6.70. The third kappa shape index (κ3) is 3.92. The van der Waals surface area contributed by atoms with Gasteiger partial charge in [0, 0.05) is 18.4 Å². The highest BCUT2D eigenvalue weighted by atomic mass is 32.2. The Bertz CT molecular complexity index is 705. The number of hydrogen-bond donors (Lipinski definition) is 0. The van der Waals surface area contributed by atoms with Crippen LogP contribution < -0.4 is 0 Å². The average molecular weight is 308 g/mol. The molecular formula is C15H20N2O3S. The van der Waals surface area contributed by atoms with Crippen LogP contribution in [0.25, 0.3) is 0 Å². The molecule has 0 aliphatic rings. The molecule has 1 aromatic heterocycles. The van der Waals surface area contributed by atoms with Crippen molar-refractivity contribution in [3.05, 3.63) is 47.3 Å². The van der Waals surface area contributed by atoms with E-state index in [0.29, 0.717) is 11.4 Å². The van der Waals surface area contributed by atoms with Crippen molar-refractivity contribution < 1.29 is 12.9 Å². The fourth-order valence-electron chi connectivity index (χ4n) is 2.12. The molecule has 5 nitrogen and oxygen atoms in total. The lowest BCUT2D eigenvalue weighted by atomic mass is 10.1. The molecule has 21 heavy (non-hydrogen) atoms. The maximum Gasteiger partial charge on any atom is 0.175 e. The Hall–Kier alpha value is -1.66. The van der Waals surface area contributed by atoms with Gasteiger partial charge in [0.2, 0.25) is 0 Å². The number of hydrogen-bond acceptors (Lipinski definition) is 5. The first-order chi connectivity index (χ1) is 9.77. The largest absolute Gasteiger partial charge is 0.360 e. The molecule has 2 rings (SSSR count). The maximum atomic E-state index is 11.5. The first-order valence-corrected chi connectivity index (χ1v) is 8.59. The molecule has 0 fully saturated rings. The molecule has 0 unspecified atom stereocenters. The molecule has 1 atom stereocenters. The average Bonchev–Trinajstić information content (AvgIpc) is 2.82. The molecule has 1 heterocycles. The van der Waals surface area contributed by atoms with Crippen LogP contribution in [0.4, 0.5) is 0 Å². The van der Waals surface area contributed by atoms with Gasteiger partial charge in [-0.2, -0.15) is 0 Å². The summed E-state index contributed by atoms with van der Waals surface area (Å²) in [7, 11) is -1.16. The second kappa shape index (κ2) is 5.99. The van der Waals surface area contributed by atoms with Crippen molar-refractivity contribution in [3.8, 4) is 0 Å². The van der Waals surface area contributed by atoms with Crippen molar-refractivity contribution in [1.82, 2.24) is 10.1 Å². The number of benzene rings is 1. The molecule has 1 aromatic carbocycles. The zero-order chi connectivity index (χ0) is 15.6. The third-order valence-corrected chi connectivity index (χ3v) is 4.66. The number of rotatable bonds is 5. The molecule has 0 radical (unpaired) electrons. The third-order valence-electron chi connectivity index (χ3n) is 3.53. The van der Waals surface area contributed by atoms with Crippen molar-refractivity contribution in [2.75, 3.05) is 13.3 Å². The van der Waals surface area contributed by atoms with Gasteiger partial charge in [0.25, 0.3) is 0 Å². The van der Waals surface area contributed by atoms with Gasteiger partial charge in [0.05, 0.1) is 17.1 Å². The molecule has 2 aromatic rings. The number of sulfone groups is 1. The predicted molar refractivity (Wildman–Crippen MR) is 80.7 cm³/mol. The van der Waals surface area contributed by atoms with E-state index in [2.05, 4.69) is 17.0 Å². The Labute approximate surface area is 125 Å². The van der Waals surface area contributed by atoms with E-state index >= 15 is 0 Å². The van der Waals surface area contributed by atoms with Crippen LogP contribution in [0, 0.1) is 6.92 Å². The fourth-order valence-corrected chi connectivity index (χ4v) is 2.75. The van der Waals surface area contributed by atoms with Gasteiger partial charge in [0.15, 0.2) is 15.6 Å². The Morgan fingerprint density at radius 3 is 2.38 bits per heavy atom. The van der Waals surface area contributed by atoms with E-state index < -0.39 is 9.84 Å². The minimum Gasteiger partial charge on any atom is -0.360 e. The summed E-state index contributed by atoms with van der Waals surface area (Å²) in [6, 6.07) is 9.05. The van der Waals surface area contributed by atoms with Gasteiger partial charge < -0.3 is 4.52 Å². The van der Waals surface area contributed by atoms with Crippen molar-refractivity contribution in [3.63, 3.8) is 0 Å². The predicted octanol–water partition coefficient (Wildman–Crippen LogP) is 2.58. The lowest BCUT2D eigenvalue weighted by molar-refractivity contribution is 0.220. The second-order valence-electron chi connectivity index (χ2n) is 5.37. The van der Waals surface area contributed by atoms with E-state index in [0.717, 1.165) is 17.0 Å². The van der Waals surface area contributed by atoms with Gasteiger partial charge in [-0.15, -0.1) is 0 Å². The Morgan fingerprint density at radius 2 is 1.90 bits per heavy atom. The summed E-state index contributed by atoms with van der Waals surface area (Å²) < 4.78 is 28.1. The minimum absolute atomic E-state index is 0.143. The summed E-state index contributed by atoms with van der Waals surface area (Å²) in [6.07, 6.45) is 1.21. The van der Waals surface area contributed by atoms with Crippen molar-refractivity contribution >= 4 is 9.84 Å². The van der Waals surface area contributed by atoms with Gasteiger partial charge >= 0.3 is 0 Å². The Balaban J connectivity index is 2.10. The fraction of sp³-hybridized carbons (Fsp3) is 0.400. The van der Waals surface area contributed by atoms with Crippen LogP contribution in [-0.2, 0) is 16.4 Å². The molecule has 0 amide bonds. The number of aryl methyl sites for hydroxylation is 1. The van der Waals surface area contributed by atoms with E-state index in [4.69, 9.17) is 4.52 Å². The lowest BCUT2D eigenvalue weighted by Gasteiger charge is -2.24. The first kappa shape index (κ1) is 15.7. The van der Waals surface area contributed by atoms with Crippen LogP contribution in [0.15, 0.2) is 39.8 Å². The topological polar surface area (TPSA) is 63.4 Å². The van der Waals surface area contributed by atoms with Crippen molar-refractivity contribution in [2.24, 2.45) is 0 Å². The van der Waals surface area contributed by atoms with Crippen LogP contribution >= 0.6 is 0 Å². The summed E-state index contributed by atoms with van der Waals surface area (Å²) in [6.45, 7) is 4.61. The summed E-state index contributed by atoms with van der Waals surface area (Å²) in [5.41, 5.74) is 1.92. The van der Waals surface area contributed by atoms with Gasteiger partial charge in [0.1, 0.15) is 0 Å². The van der Waals surface area contributed by atoms with Gasteiger partial charge in [-0.3, -0.25) is 4.90 Å². The molecule has 114 valence electrons. The maximum absolute atomic E-state index is 11.5. The molecule has 0 aliphatic carbocycles. The standard InChI is InChI=1S/C15H20N2O3S/c1-11-9-14(20-16-11)10-17(3)12(2)13-5-7-15(8-6-13)21(4,18)19/h5-9,12H,10H2,1-4H3/t12-/m0/s1. The van der Waals surface area contributed by atoms with Crippen LogP contribution in [0.5, 0.6) is 0 Å². The van der Waals surface area contributed by atoms with Crippen molar-refractivity contribution in [1.29, 1.82) is 0 Å². The van der Waals surface area contributed by atoms with E-state index in [1.807, 2.05) is 32.2 Å². The summed E-state index contributed by atoms with van der Waals surface area (Å²) in [5, 5.41) is 3.87. The summed E-state index contributed by atoms with van der Waals surface area (Å²) in [4.78, 5) is 2.46. The SMILES string of the molecule is Cc1cc(CN(C)[C@@H](C)c2ccc(S(C)(=O)=O)cc2)on1. The highest BCUT2D eigenvalue weighted by Crippen LogP contribution is 2.22. The Kier molecular flexibility index (Phi) is 4.49. The number of aromatic nitrogens is 1. The number of nitrogens with zero attached hydrogens (tertiary/aromatic N) is 2. The molecule has 6 heteroatoms. The van der Waals surface area contributed by atoms with Crippen LogP contribution in [0.1, 0.15) is 30.0 Å². The second-order valence-corrected chi connectivity index (χ2v) is 7.38. The summed E-state index contributed by atoms with van der Waals surface area (Å²) in [5.74, 6) is 0.814. The highest BCUT2D eigenvalue weighted by Gasteiger charge is 2.15. The van der Waals surface area contributed by atoms with Gasteiger partial charge in [-0.05, 0) is 38.6 Å². The molecule has 0 aliphatic heterocycles. The highest BCUT2D eigenvalue weighted by molar-refractivity contribution is 7.90. The zero-order valence-corrected chi connectivity index (χ0v) is 13.5. The molecule has 0 saturated heterocycles. The van der Waals surface area contributed by atoms with E-state index in [1.165, 1.54) is 6.26 Å². The quantitative estimate of drug-likeness (QED) is 0.849. The van der Waals surface area contributed by atoms with Gasteiger partial charge in [-0.1, -0.05) is 17.3 Å². The zero-order valence-electron chi connectivity index (χ0n) is 12.7. The van der Waals surface area contributed by atoms with E-state index in [1.54, 1.807) is 12.1 Å². The lowest BCUT2D eigenvalue weighted by Crippen LogP contribution is -2.21. The normalized spacial score (nSPS) is 13.6. The molecule has 0 N–H and O–H groups in total. The van der Waals surface area contributed by atoms with E-state index in [-0.39, 0.29) is 6.04 Å². The van der Waals surface area contributed by atoms with Crippen molar-refractivity contribution in [2.45, 2.75) is 31.3 Å². The smallest absolute Gasteiger partial charge is 0.175 e. The van der Waals surface area contributed by atoms with Gasteiger partial charge in [-0.25, -0.2) is 8.42 Å². The minimum atomic E-state index is -3.15. The Morgan fingerprint density at radius 1 is 1.29 bits per heavy atom. The molecular weight excluding hydrogens is 288 g/mol. The van der Waals surface area contributed by atoms with Crippen LogP contribution in [-0.4, -0.2) is 31.8 Å². The molecule has 0 saturated carbocycles. The van der Waals surface area contributed by atoms with E-state index in [9.17, 15) is 8.42 Å². The summed E-state index contributed by atoms with van der Waals surface area (Å²) >= 11 is 0. The monoisotopic (exact) mass is 308 g/mol. The van der Waals surface area contributed by atoms with Crippen LogP contribution in [0.3, 0.4) is 0 Å².